The smallest absolute Gasteiger partial charge is 0.243 e. The predicted molar refractivity (Wildman–Crippen MR) is 109 cm³/mol. The molecule has 0 spiro atoms. The highest BCUT2D eigenvalue weighted by Crippen LogP contribution is 2.29. The van der Waals surface area contributed by atoms with Crippen LogP contribution in [0.3, 0.4) is 0 Å². The van der Waals surface area contributed by atoms with Crippen LogP contribution >= 0.6 is 0 Å². The molecule has 0 bridgehead atoms. The van der Waals surface area contributed by atoms with E-state index in [1.165, 1.54) is 16.4 Å². The standard InChI is InChI=1S/C21H25FN2O5S/c1-28-19-6-3-7-20(29-2)18(19)13-23-21(25)15-5-4-12-24(14-15)30(26,27)17-10-8-16(22)9-11-17/h3,6-11,15H,4-5,12-14H2,1-2H3,(H,23,25)/t15-/m0/s1. The number of sulfonamides is 1. The Kier molecular flexibility index (Phi) is 6.94. The van der Waals surface area contributed by atoms with Gasteiger partial charge in [-0.3, -0.25) is 4.79 Å². The van der Waals surface area contributed by atoms with E-state index >= 15 is 0 Å². The zero-order valence-corrected chi connectivity index (χ0v) is 17.7. The van der Waals surface area contributed by atoms with Crippen molar-refractivity contribution in [3.8, 4) is 11.5 Å². The number of ether oxygens (including phenoxy) is 2. The van der Waals surface area contributed by atoms with Crippen molar-refractivity contribution in [3.05, 3.63) is 53.8 Å². The summed E-state index contributed by atoms with van der Waals surface area (Å²) >= 11 is 0. The number of carbonyl (C=O) groups is 1. The van der Waals surface area contributed by atoms with E-state index in [-0.39, 0.29) is 23.9 Å². The highest BCUT2D eigenvalue weighted by atomic mass is 32.2. The molecule has 0 aromatic heterocycles. The molecule has 1 N–H and O–H groups in total. The summed E-state index contributed by atoms with van der Waals surface area (Å²) in [5.74, 6) is -0.0223. The van der Waals surface area contributed by atoms with Gasteiger partial charge in [0.05, 0.1) is 37.1 Å². The molecule has 30 heavy (non-hydrogen) atoms. The molecular weight excluding hydrogens is 411 g/mol. The van der Waals surface area contributed by atoms with Crippen molar-refractivity contribution in [1.29, 1.82) is 0 Å². The fourth-order valence-electron chi connectivity index (χ4n) is 3.55. The molecule has 9 heteroatoms. The number of benzene rings is 2. The first kappa shape index (κ1) is 22.0. The third-order valence-corrected chi connectivity index (χ3v) is 7.05. The van der Waals surface area contributed by atoms with Crippen molar-refractivity contribution < 1.29 is 27.1 Å². The number of rotatable bonds is 7. The average Bonchev–Trinajstić information content (AvgIpc) is 2.77. The Labute approximate surface area is 175 Å². The molecule has 2 aromatic carbocycles. The molecule has 1 fully saturated rings. The van der Waals surface area contributed by atoms with Crippen LogP contribution in [0.15, 0.2) is 47.4 Å². The summed E-state index contributed by atoms with van der Waals surface area (Å²) in [6, 6.07) is 10.1. The van der Waals surface area contributed by atoms with Gasteiger partial charge in [-0.05, 0) is 49.2 Å². The van der Waals surface area contributed by atoms with Gasteiger partial charge in [0.25, 0.3) is 0 Å². The monoisotopic (exact) mass is 436 g/mol. The van der Waals surface area contributed by atoms with Crippen molar-refractivity contribution in [3.63, 3.8) is 0 Å². The average molecular weight is 437 g/mol. The molecule has 1 atom stereocenters. The number of amides is 1. The molecule has 1 heterocycles. The van der Waals surface area contributed by atoms with Gasteiger partial charge in [0.15, 0.2) is 0 Å². The Hall–Kier alpha value is -2.65. The van der Waals surface area contributed by atoms with Crippen LogP contribution < -0.4 is 14.8 Å². The molecule has 0 radical (unpaired) electrons. The Morgan fingerprint density at radius 3 is 2.37 bits per heavy atom. The number of hydrogen-bond acceptors (Lipinski definition) is 5. The number of halogens is 1. The van der Waals surface area contributed by atoms with Gasteiger partial charge in [-0.15, -0.1) is 0 Å². The van der Waals surface area contributed by atoms with E-state index in [4.69, 9.17) is 9.47 Å². The number of methoxy groups -OCH3 is 2. The lowest BCUT2D eigenvalue weighted by atomic mass is 9.98. The van der Waals surface area contributed by atoms with Gasteiger partial charge >= 0.3 is 0 Å². The highest BCUT2D eigenvalue weighted by Gasteiger charge is 2.33. The van der Waals surface area contributed by atoms with Crippen LogP contribution in [0.25, 0.3) is 0 Å². The molecule has 0 saturated carbocycles. The SMILES string of the molecule is COc1cccc(OC)c1CNC(=O)[C@H]1CCCN(S(=O)(=O)c2ccc(F)cc2)C1. The lowest BCUT2D eigenvalue weighted by Crippen LogP contribution is -2.45. The van der Waals surface area contributed by atoms with Crippen LogP contribution in [0.4, 0.5) is 4.39 Å². The van der Waals surface area contributed by atoms with Crippen LogP contribution in [0.1, 0.15) is 18.4 Å². The molecule has 1 saturated heterocycles. The van der Waals surface area contributed by atoms with Gasteiger partial charge in [0.2, 0.25) is 15.9 Å². The fraction of sp³-hybridized carbons (Fsp3) is 0.381. The van der Waals surface area contributed by atoms with Crippen molar-refractivity contribution in [2.24, 2.45) is 5.92 Å². The summed E-state index contributed by atoms with van der Waals surface area (Å²) in [5.41, 5.74) is 0.711. The zero-order valence-electron chi connectivity index (χ0n) is 16.9. The topological polar surface area (TPSA) is 84.9 Å². The fourth-order valence-corrected chi connectivity index (χ4v) is 5.08. The summed E-state index contributed by atoms with van der Waals surface area (Å²) in [6.45, 7) is 0.603. The molecule has 3 rings (SSSR count). The van der Waals surface area contributed by atoms with E-state index in [2.05, 4.69) is 5.32 Å². The Morgan fingerprint density at radius 1 is 1.13 bits per heavy atom. The summed E-state index contributed by atoms with van der Waals surface area (Å²) < 4.78 is 50.8. The van der Waals surface area contributed by atoms with E-state index in [1.54, 1.807) is 32.4 Å². The quantitative estimate of drug-likeness (QED) is 0.721. The minimum absolute atomic E-state index is 0.0173. The minimum atomic E-state index is -3.79. The van der Waals surface area contributed by atoms with Gasteiger partial charge in [-0.1, -0.05) is 6.07 Å². The number of nitrogens with zero attached hydrogens (tertiary/aromatic N) is 1. The maximum Gasteiger partial charge on any atom is 0.243 e. The second kappa shape index (κ2) is 9.44. The second-order valence-electron chi connectivity index (χ2n) is 7.02. The first-order valence-corrected chi connectivity index (χ1v) is 11.0. The Bertz CT molecular complexity index is 973. The van der Waals surface area contributed by atoms with Crippen LogP contribution in [-0.2, 0) is 21.4 Å². The molecular formula is C21H25FN2O5S. The second-order valence-corrected chi connectivity index (χ2v) is 8.95. The molecule has 1 aliphatic rings. The maximum absolute atomic E-state index is 13.1. The first-order valence-electron chi connectivity index (χ1n) is 9.60. The van der Waals surface area contributed by atoms with E-state index in [1.807, 2.05) is 0 Å². The third-order valence-electron chi connectivity index (χ3n) is 5.18. The van der Waals surface area contributed by atoms with E-state index in [9.17, 15) is 17.6 Å². The van der Waals surface area contributed by atoms with Gasteiger partial charge in [-0.25, -0.2) is 12.8 Å². The Balaban J connectivity index is 1.69. The van der Waals surface area contributed by atoms with Crippen molar-refractivity contribution in [1.82, 2.24) is 9.62 Å². The van der Waals surface area contributed by atoms with Crippen molar-refractivity contribution >= 4 is 15.9 Å². The largest absolute Gasteiger partial charge is 0.496 e. The van der Waals surface area contributed by atoms with Crippen LogP contribution in [0.2, 0.25) is 0 Å². The third kappa shape index (κ3) is 4.73. The molecule has 0 aliphatic carbocycles. The number of piperidine rings is 1. The maximum atomic E-state index is 13.1. The lowest BCUT2D eigenvalue weighted by Gasteiger charge is -2.31. The number of hydrogen-bond donors (Lipinski definition) is 1. The van der Waals surface area contributed by atoms with Gasteiger partial charge in [0.1, 0.15) is 17.3 Å². The molecule has 1 aliphatic heterocycles. The summed E-state index contributed by atoms with van der Waals surface area (Å²) in [6.07, 6.45) is 1.15. The normalized spacial score (nSPS) is 17.4. The number of nitrogens with one attached hydrogen (secondary N) is 1. The predicted octanol–water partition coefficient (Wildman–Crippen LogP) is 2.56. The van der Waals surface area contributed by atoms with Crippen LogP contribution in [0.5, 0.6) is 11.5 Å². The molecule has 7 nitrogen and oxygen atoms in total. The van der Waals surface area contributed by atoms with Crippen molar-refractivity contribution in [2.75, 3.05) is 27.3 Å². The summed E-state index contributed by atoms with van der Waals surface area (Å²) in [4.78, 5) is 12.8. The minimum Gasteiger partial charge on any atom is -0.496 e. The van der Waals surface area contributed by atoms with Crippen LogP contribution in [-0.4, -0.2) is 45.9 Å². The summed E-state index contributed by atoms with van der Waals surface area (Å²) in [5, 5.41) is 2.87. The lowest BCUT2D eigenvalue weighted by molar-refractivity contribution is -0.126. The van der Waals surface area contributed by atoms with Crippen molar-refractivity contribution in [2.45, 2.75) is 24.3 Å². The van der Waals surface area contributed by atoms with E-state index in [0.717, 1.165) is 12.1 Å². The van der Waals surface area contributed by atoms with Gasteiger partial charge in [-0.2, -0.15) is 4.31 Å². The van der Waals surface area contributed by atoms with E-state index in [0.29, 0.717) is 36.4 Å². The van der Waals surface area contributed by atoms with Crippen LogP contribution in [0, 0.1) is 11.7 Å². The molecule has 2 aromatic rings. The Morgan fingerprint density at radius 2 is 1.77 bits per heavy atom. The van der Waals surface area contributed by atoms with E-state index < -0.39 is 21.8 Å². The van der Waals surface area contributed by atoms with Gasteiger partial charge in [0, 0.05) is 13.1 Å². The first-order chi connectivity index (χ1) is 14.4. The molecule has 1 amide bonds. The summed E-state index contributed by atoms with van der Waals surface area (Å²) in [7, 11) is -0.705. The number of carbonyl (C=O) groups excluding carboxylic acids is 1. The zero-order chi connectivity index (χ0) is 21.7. The highest BCUT2D eigenvalue weighted by molar-refractivity contribution is 7.89. The van der Waals surface area contributed by atoms with Gasteiger partial charge < -0.3 is 14.8 Å². The molecule has 0 unspecified atom stereocenters. The molecule has 162 valence electrons.